The predicted molar refractivity (Wildman–Crippen MR) is 52.3 cm³/mol. The number of hydrogen-bond donors (Lipinski definition) is 0. The number of aryl methyl sites for hydroxylation is 2. The summed E-state index contributed by atoms with van der Waals surface area (Å²) in [7, 11) is 1.66. The van der Waals surface area contributed by atoms with Crippen LogP contribution in [0.15, 0.2) is 18.3 Å². The Labute approximate surface area is 82.2 Å². The van der Waals surface area contributed by atoms with Gasteiger partial charge in [-0.05, 0) is 24.6 Å². The van der Waals surface area contributed by atoms with E-state index in [1.54, 1.807) is 6.20 Å². The van der Waals surface area contributed by atoms with Gasteiger partial charge in [0.1, 0.15) is 0 Å². The van der Waals surface area contributed by atoms with E-state index in [1.807, 2.05) is 19.1 Å². The van der Waals surface area contributed by atoms with Crippen LogP contribution in [0.1, 0.15) is 11.3 Å². The number of pyridine rings is 1. The maximum atomic E-state index is 10.6. The summed E-state index contributed by atoms with van der Waals surface area (Å²) in [6.07, 6.45) is 2.03. The van der Waals surface area contributed by atoms with Crippen LogP contribution in [-0.2, 0) is 15.5 Å². The van der Waals surface area contributed by atoms with E-state index in [2.05, 4.69) is 4.98 Å². The van der Waals surface area contributed by atoms with Gasteiger partial charge in [0.25, 0.3) is 0 Å². The molecule has 1 aromatic rings. The molecule has 0 amide bonds. The second-order valence-electron chi connectivity index (χ2n) is 2.82. The maximum Gasteiger partial charge on any atom is 0.232 e. The molecule has 0 spiro atoms. The van der Waals surface area contributed by atoms with E-state index in [9.17, 15) is 8.42 Å². The van der Waals surface area contributed by atoms with Crippen molar-refractivity contribution < 1.29 is 8.42 Å². The summed E-state index contributed by atoms with van der Waals surface area (Å²) in [4.78, 5) is 4.02. The Hall–Kier alpha value is -0.610. The Kier molecular flexibility index (Phi) is 3.27. The highest BCUT2D eigenvalue weighted by Crippen LogP contribution is 2.04. The van der Waals surface area contributed by atoms with Crippen LogP contribution in [0.5, 0.6) is 0 Å². The molecule has 0 unspecified atom stereocenters. The number of rotatable bonds is 3. The molecule has 1 rings (SSSR count). The molecule has 0 saturated heterocycles. The van der Waals surface area contributed by atoms with Crippen molar-refractivity contribution in [3.05, 3.63) is 29.6 Å². The van der Waals surface area contributed by atoms with E-state index in [0.29, 0.717) is 6.42 Å². The van der Waals surface area contributed by atoms with E-state index in [4.69, 9.17) is 10.7 Å². The summed E-state index contributed by atoms with van der Waals surface area (Å²) in [6, 6.07) is 3.71. The van der Waals surface area contributed by atoms with Gasteiger partial charge in [-0.15, -0.1) is 0 Å². The zero-order valence-electron chi connectivity index (χ0n) is 7.20. The average molecular weight is 220 g/mol. The van der Waals surface area contributed by atoms with Gasteiger partial charge in [0.15, 0.2) is 0 Å². The second-order valence-corrected chi connectivity index (χ2v) is 5.71. The molecule has 0 radical (unpaired) electrons. The molecule has 1 heterocycles. The van der Waals surface area contributed by atoms with Crippen LogP contribution in [-0.4, -0.2) is 19.2 Å². The van der Waals surface area contributed by atoms with E-state index in [1.165, 1.54) is 0 Å². The van der Waals surface area contributed by atoms with Gasteiger partial charge in [0.05, 0.1) is 5.75 Å². The zero-order valence-corrected chi connectivity index (χ0v) is 8.77. The molecule has 1 aromatic heterocycles. The van der Waals surface area contributed by atoms with Crippen molar-refractivity contribution in [2.75, 3.05) is 5.75 Å². The molecular formula is C8H10ClNO2S. The number of aromatic nitrogens is 1. The monoisotopic (exact) mass is 219 g/mol. The third kappa shape index (κ3) is 4.24. The predicted octanol–water partition coefficient (Wildman–Crippen LogP) is 1.50. The maximum absolute atomic E-state index is 10.6. The first-order chi connectivity index (χ1) is 5.97. The van der Waals surface area contributed by atoms with Crippen molar-refractivity contribution >= 4 is 19.7 Å². The first kappa shape index (κ1) is 10.5. The summed E-state index contributed by atoms with van der Waals surface area (Å²) < 4.78 is 21.3. The first-order valence-electron chi connectivity index (χ1n) is 3.81. The topological polar surface area (TPSA) is 47.0 Å². The minimum absolute atomic E-state index is 0.0645. The van der Waals surface area contributed by atoms with Gasteiger partial charge < -0.3 is 0 Å². The van der Waals surface area contributed by atoms with Gasteiger partial charge in [-0.25, -0.2) is 8.42 Å². The molecule has 3 nitrogen and oxygen atoms in total. The molecule has 0 aromatic carbocycles. The quantitative estimate of drug-likeness (QED) is 0.724. The normalized spacial score (nSPS) is 11.5. The SMILES string of the molecule is Cc1ccnc(CCS(=O)(=O)Cl)c1. The Morgan fingerprint density at radius 3 is 2.77 bits per heavy atom. The number of hydrogen-bond acceptors (Lipinski definition) is 3. The summed E-state index contributed by atoms with van der Waals surface area (Å²) in [5, 5.41) is 0. The van der Waals surface area contributed by atoms with Crippen molar-refractivity contribution in [3.8, 4) is 0 Å². The highest BCUT2D eigenvalue weighted by Gasteiger charge is 2.05. The number of nitrogens with zero attached hydrogens (tertiary/aromatic N) is 1. The molecule has 72 valence electrons. The lowest BCUT2D eigenvalue weighted by Gasteiger charge is -1.98. The highest BCUT2D eigenvalue weighted by atomic mass is 35.7. The molecule has 0 bridgehead atoms. The molecule has 0 atom stereocenters. The Morgan fingerprint density at radius 1 is 1.54 bits per heavy atom. The average Bonchev–Trinajstić information content (AvgIpc) is 2.00. The van der Waals surface area contributed by atoms with Crippen molar-refractivity contribution in [2.45, 2.75) is 13.3 Å². The lowest BCUT2D eigenvalue weighted by atomic mass is 10.2. The minimum Gasteiger partial charge on any atom is -0.261 e. The summed E-state index contributed by atoms with van der Waals surface area (Å²) in [6.45, 7) is 1.93. The largest absolute Gasteiger partial charge is 0.261 e. The van der Waals surface area contributed by atoms with E-state index >= 15 is 0 Å². The highest BCUT2D eigenvalue weighted by molar-refractivity contribution is 8.13. The van der Waals surface area contributed by atoms with Crippen LogP contribution in [0.25, 0.3) is 0 Å². The van der Waals surface area contributed by atoms with Gasteiger partial charge in [-0.3, -0.25) is 4.98 Å². The molecule has 5 heteroatoms. The Balaban J connectivity index is 2.65. The van der Waals surface area contributed by atoms with Crippen LogP contribution in [0.3, 0.4) is 0 Å². The molecule has 0 N–H and O–H groups in total. The van der Waals surface area contributed by atoms with Crippen LogP contribution in [0.2, 0.25) is 0 Å². The summed E-state index contributed by atoms with van der Waals surface area (Å²) >= 11 is 0. The van der Waals surface area contributed by atoms with Gasteiger partial charge in [-0.2, -0.15) is 0 Å². The van der Waals surface area contributed by atoms with Crippen molar-refractivity contribution in [1.29, 1.82) is 0 Å². The van der Waals surface area contributed by atoms with E-state index < -0.39 is 9.05 Å². The lowest BCUT2D eigenvalue weighted by Crippen LogP contribution is -2.02. The van der Waals surface area contributed by atoms with Crippen molar-refractivity contribution in [3.63, 3.8) is 0 Å². The summed E-state index contributed by atoms with van der Waals surface area (Å²) in [5.41, 5.74) is 1.82. The fourth-order valence-electron chi connectivity index (χ4n) is 0.962. The molecule has 0 saturated carbocycles. The van der Waals surface area contributed by atoms with E-state index in [-0.39, 0.29) is 5.75 Å². The molecule has 0 aliphatic heterocycles. The molecular weight excluding hydrogens is 210 g/mol. The number of halogens is 1. The summed E-state index contributed by atoms with van der Waals surface area (Å²) in [5.74, 6) is -0.0645. The zero-order chi connectivity index (χ0) is 9.90. The van der Waals surface area contributed by atoms with Gasteiger partial charge in [0, 0.05) is 29.0 Å². The third-order valence-corrected chi connectivity index (χ3v) is 2.73. The molecule has 0 fully saturated rings. The van der Waals surface area contributed by atoms with E-state index in [0.717, 1.165) is 11.3 Å². The first-order valence-corrected chi connectivity index (χ1v) is 6.29. The van der Waals surface area contributed by atoms with Gasteiger partial charge in [-0.1, -0.05) is 0 Å². The van der Waals surface area contributed by atoms with Crippen LogP contribution in [0, 0.1) is 6.92 Å². The van der Waals surface area contributed by atoms with Gasteiger partial charge >= 0.3 is 0 Å². The Morgan fingerprint density at radius 2 is 2.23 bits per heavy atom. The minimum atomic E-state index is -3.40. The smallest absolute Gasteiger partial charge is 0.232 e. The Bertz CT molecular complexity index is 389. The third-order valence-electron chi connectivity index (χ3n) is 1.57. The van der Waals surface area contributed by atoms with Crippen LogP contribution < -0.4 is 0 Å². The fourth-order valence-corrected chi connectivity index (χ4v) is 1.65. The molecule has 0 aliphatic carbocycles. The van der Waals surface area contributed by atoms with Gasteiger partial charge in [0.2, 0.25) is 9.05 Å². The fraction of sp³-hybridized carbons (Fsp3) is 0.375. The van der Waals surface area contributed by atoms with Crippen molar-refractivity contribution in [1.82, 2.24) is 4.98 Å². The molecule has 0 aliphatic rings. The second kappa shape index (κ2) is 4.07. The van der Waals surface area contributed by atoms with Crippen LogP contribution >= 0.6 is 10.7 Å². The van der Waals surface area contributed by atoms with Crippen molar-refractivity contribution in [2.24, 2.45) is 0 Å². The standard InChI is InChI=1S/C8H10ClNO2S/c1-7-2-4-10-8(6-7)3-5-13(9,11)12/h2,4,6H,3,5H2,1H3. The van der Waals surface area contributed by atoms with Crippen LogP contribution in [0.4, 0.5) is 0 Å². The lowest BCUT2D eigenvalue weighted by molar-refractivity contribution is 0.608. The molecule has 13 heavy (non-hydrogen) atoms.